The molecule has 0 aromatic carbocycles. The third kappa shape index (κ3) is 2.22. The normalized spacial score (nSPS) is 8.40. The van der Waals surface area contributed by atoms with Gasteiger partial charge in [-0.15, -0.1) is 0 Å². The Morgan fingerprint density at radius 1 is 1.10 bits per heavy atom. The Hall–Kier alpha value is -1.44. The Morgan fingerprint density at radius 2 is 1.90 bits per heavy atom. The van der Waals surface area contributed by atoms with E-state index in [-0.39, 0.29) is 5.75 Å². The molecule has 52 valence electrons. The van der Waals surface area contributed by atoms with E-state index in [0.717, 1.165) is 0 Å². The molecule has 0 saturated carbocycles. The van der Waals surface area contributed by atoms with Crippen LogP contribution in [0.2, 0.25) is 0 Å². The maximum Gasteiger partial charge on any atom is 0.150 e. The van der Waals surface area contributed by atoms with Crippen molar-refractivity contribution in [2.75, 3.05) is 0 Å². The molecular formula is C8H8O2. The molecule has 10 heavy (non-hydrogen) atoms. The molecule has 0 amide bonds. The van der Waals surface area contributed by atoms with Gasteiger partial charge in [-0.3, -0.25) is 0 Å². The first-order chi connectivity index (χ1) is 4.89. The van der Waals surface area contributed by atoms with Crippen LogP contribution in [-0.2, 0) is 0 Å². The Balaban J connectivity index is 3.13. The van der Waals surface area contributed by atoms with Crippen LogP contribution < -0.4 is 0 Å². The van der Waals surface area contributed by atoms with Crippen LogP contribution in [0.3, 0.4) is 0 Å². The fraction of sp³-hybridized carbons (Fsp3) is 0. The van der Waals surface area contributed by atoms with Gasteiger partial charge in [0.2, 0.25) is 0 Å². The summed E-state index contributed by atoms with van der Waals surface area (Å²) in [6, 6.07) is 8.62. The summed E-state index contributed by atoms with van der Waals surface area (Å²) in [6.07, 6.45) is 2.75. The highest BCUT2D eigenvalue weighted by atomic mass is 16.3. The monoisotopic (exact) mass is 136 g/mol. The van der Waals surface area contributed by atoms with Gasteiger partial charge in [0.05, 0.1) is 6.26 Å². The van der Waals surface area contributed by atoms with Gasteiger partial charge in [-0.25, -0.2) is 0 Å². The highest BCUT2D eigenvalue weighted by Gasteiger charge is 1.74. The van der Waals surface area contributed by atoms with Crippen LogP contribution in [0, 0.1) is 0 Å². The zero-order chi connectivity index (χ0) is 7.23. The van der Waals surface area contributed by atoms with E-state index in [2.05, 4.69) is 0 Å². The molecule has 1 heterocycles. The minimum absolute atomic E-state index is 0.108. The zero-order valence-electron chi connectivity index (χ0n) is 5.40. The van der Waals surface area contributed by atoms with E-state index in [1.807, 2.05) is 6.07 Å². The molecule has 1 N–H and O–H groups in total. The molecule has 0 bridgehead atoms. The summed E-state index contributed by atoms with van der Waals surface area (Å²) < 4.78 is 4.77. The lowest BCUT2D eigenvalue weighted by atomic mass is 10.5. The van der Waals surface area contributed by atoms with Gasteiger partial charge in [0.1, 0.15) is 6.26 Å². The van der Waals surface area contributed by atoms with E-state index in [0.29, 0.717) is 0 Å². The second kappa shape index (κ2) is 3.56. The Labute approximate surface area is 59.1 Å². The van der Waals surface area contributed by atoms with E-state index < -0.39 is 0 Å². The molecule has 0 spiro atoms. The van der Waals surface area contributed by atoms with Gasteiger partial charge in [0.15, 0.2) is 5.75 Å². The van der Waals surface area contributed by atoms with Crippen LogP contribution in [-0.4, -0.2) is 5.11 Å². The SMILES string of the molecule is Oc1ccccccoc1. The minimum atomic E-state index is 0.108. The van der Waals surface area contributed by atoms with Crippen molar-refractivity contribution >= 4 is 0 Å². The topological polar surface area (TPSA) is 33.4 Å². The molecule has 1 rings (SSSR count). The summed E-state index contributed by atoms with van der Waals surface area (Å²) in [5, 5.41) is 8.92. The summed E-state index contributed by atoms with van der Waals surface area (Å²) in [7, 11) is 0. The van der Waals surface area contributed by atoms with E-state index in [9.17, 15) is 0 Å². The average Bonchev–Trinajstić information content (AvgIpc) is 2.02. The van der Waals surface area contributed by atoms with Crippen LogP contribution in [0.4, 0.5) is 0 Å². The van der Waals surface area contributed by atoms with Crippen LogP contribution >= 0.6 is 0 Å². The number of hydrogen-bond donors (Lipinski definition) is 1. The van der Waals surface area contributed by atoms with Gasteiger partial charge in [-0.1, -0.05) is 18.2 Å². The quantitative estimate of drug-likeness (QED) is 0.592. The van der Waals surface area contributed by atoms with Crippen LogP contribution in [0.1, 0.15) is 0 Å². The molecule has 1 aromatic rings. The second-order valence-corrected chi connectivity index (χ2v) is 1.75. The molecule has 1 aromatic heterocycles. The third-order valence-corrected chi connectivity index (χ3v) is 0.946. The third-order valence-electron chi connectivity index (χ3n) is 0.946. The summed E-state index contributed by atoms with van der Waals surface area (Å²) in [5.41, 5.74) is 0. The maximum atomic E-state index is 8.92. The van der Waals surface area contributed by atoms with Crippen molar-refractivity contribution in [1.82, 2.24) is 0 Å². The number of aromatic hydroxyl groups is 1. The lowest BCUT2D eigenvalue weighted by Crippen LogP contribution is -1.50. The fourth-order valence-electron chi connectivity index (χ4n) is 0.521. The van der Waals surface area contributed by atoms with Crippen molar-refractivity contribution in [2.24, 2.45) is 0 Å². The van der Waals surface area contributed by atoms with Gasteiger partial charge in [-0.2, -0.15) is 0 Å². The predicted octanol–water partition coefficient (Wildman–Crippen LogP) is 2.11. The van der Waals surface area contributed by atoms with Gasteiger partial charge >= 0.3 is 0 Å². The molecule has 2 nitrogen and oxygen atoms in total. The molecule has 0 saturated heterocycles. The highest BCUT2D eigenvalue weighted by Crippen LogP contribution is 2.00. The first-order valence-corrected chi connectivity index (χ1v) is 2.94. The molecule has 0 fully saturated rings. The largest absolute Gasteiger partial charge is 0.505 e. The average molecular weight is 136 g/mol. The molecule has 0 radical (unpaired) electrons. The van der Waals surface area contributed by atoms with Crippen molar-refractivity contribution in [3.05, 3.63) is 42.9 Å². The smallest absolute Gasteiger partial charge is 0.150 e. The zero-order valence-corrected chi connectivity index (χ0v) is 5.40. The number of hydrogen-bond acceptors (Lipinski definition) is 2. The number of rotatable bonds is 0. The van der Waals surface area contributed by atoms with Crippen molar-refractivity contribution in [3.63, 3.8) is 0 Å². The molecule has 0 atom stereocenters. The second-order valence-electron chi connectivity index (χ2n) is 1.75. The summed E-state index contributed by atoms with van der Waals surface area (Å²) >= 11 is 0. The first-order valence-electron chi connectivity index (χ1n) is 2.94. The summed E-state index contributed by atoms with van der Waals surface area (Å²) in [6.45, 7) is 0. The standard InChI is InChI=1S/C8H8O2/c9-8-5-3-1-2-4-6-10-7-8/h1-7,9H. The molecule has 0 aliphatic carbocycles. The lowest BCUT2D eigenvalue weighted by molar-refractivity contribution is 0.440. The van der Waals surface area contributed by atoms with Gasteiger partial charge in [0.25, 0.3) is 0 Å². The van der Waals surface area contributed by atoms with E-state index >= 15 is 0 Å². The Morgan fingerprint density at radius 3 is 2.80 bits per heavy atom. The van der Waals surface area contributed by atoms with E-state index in [4.69, 9.17) is 9.52 Å². The first kappa shape index (κ1) is 6.68. The predicted molar refractivity (Wildman–Crippen MR) is 38.0 cm³/mol. The summed E-state index contributed by atoms with van der Waals surface area (Å²) in [4.78, 5) is 0. The molecular weight excluding hydrogens is 128 g/mol. The molecule has 0 aliphatic rings. The van der Waals surface area contributed by atoms with Crippen molar-refractivity contribution < 1.29 is 9.52 Å². The van der Waals surface area contributed by atoms with Crippen LogP contribution in [0.5, 0.6) is 5.75 Å². The van der Waals surface area contributed by atoms with Gasteiger partial charge in [-0.05, 0) is 12.1 Å². The van der Waals surface area contributed by atoms with Crippen molar-refractivity contribution in [2.45, 2.75) is 0 Å². The Kier molecular flexibility index (Phi) is 2.38. The molecule has 0 unspecified atom stereocenters. The Bertz CT molecular complexity index is 215. The van der Waals surface area contributed by atoms with Crippen molar-refractivity contribution in [1.29, 1.82) is 0 Å². The summed E-state index contributed by atoms with van der Waals surface area (Å²) in [5.74, 6) is 0.108. The van der Waals surface area contributed by atoms with E-state index in [1.165, 1.54) is 12.5 Å². The fourth-order valence-corrected chi connectivity index (χ4v) is 0.521. The maximum absolute atomic E-state index is 8.92. The van der Waals surface area contributed by atoms with Crippen LogP contribution in [0.25, 0.3) is 0 Å². The van der Waals surface area contributed by atoms with Gasteiger partial charge < -0.3 is 9.52 Å². The lowest BCUT2D eigenvalue weighted by Gasteiger charge is -1.77. The van der Waals surface area contributed by atoms with E-state index in [1.54, 1.807) is 24.3 Å². The van der Waals surface area contributed by atoms with Gasteiger partial charge in [0, 0.05) is 0 Å². The molecule has 2 heteroatoms. The minimum Gasteiger partial charge on any atom is -0.505 e. The highest BCUT2D eigenvalue weighted by molar-refractivity contribution is 5.10. The van der Waals surface area contributed by atoms with Crippen LogP contribution in [0.15, 0.2) is 47.3 Å². The van der Waals surface area contributed by atoms with Crippen molar-refractivity contribution in [3.8, 4) is 5.75 Å². The molecule has 0 aliphatic heterocycles.